The molecule has 1 N–H and O–H groups in total. The molecule has 9 heteroatoms. The standard InChI is InChI=1S/C20H29BrN2O5S/c1-3-27-18-9-14(15(21)11-19(18)28-4-2)10-20(24)22-16-12-29(25,26)13-17(16)23-7-5-6-8-23/h9,11,16-17H,3-8,10,12-13H2,1-2H3,(H,22,24). The first-order valence-electron chi connectivity index (χ1n) is 10.1. The van der Waals surface area contributed by atoms with Crippen LogP contribution in [0.15, 0.2) is 16.6 Å². The van der Waals surface area contributed by atoms with E-state index in [9.17, 15) is 13.2 Å². The molecular weight excluding hydrogens is 460 g/mol. The Morgan fingerprint density at radius 2 is 1.76 bits per heavy atom. The Morgan fingerprint density at radius 1 is 1.14 bits per heavy atom. The van der Waals surface area contributed by atoms with E-state index in [0.29, 0.717) is 24.7 Å². The van der Waals surface area contributed by atoms with Gasteiger partial charge in [-0.15, -0.1) is 0 Å². The van der Waals surface area contributed by atoms with Crippen LogP contribution in [-0.2, 0) is 21.1 Å². The van der Waals surface area contributed by atoms with Crippen molar-refractivity contribution in [2.75, 3.05) is 37.8 Å². The SMILES string of the molecule is CCOc1cc(Br)c(CC(=O)NC2CS(=O)(=O)CC2N2CCCC2)cc1OCC. The summed E-state index contributed by atoms with van der Waals surface area (Å²) in [5.41, 5.74) is 0.771. The van der Waals surface area contributed by atoms with Crippen LogP contribution in [0.5, 0.6) is 11.5 Å². The fourth-order valence-electron chi connectivity index (χ4n) is 4.08. The molecule has 2 saturated heterocycles. The number of rotatable bonds is 8. The Balaban J connectivity index is 1.71. The molecule has 0 aromatic heterocycles. The molecule has 2 aliphatic rings. The molecule has 1 aromatic carbocycles. The topological polar surface area (TPSA) is 84.9 Å². The summed E-state index contributed by atoms with van der Waals surface area (Å²) >= 11 is 3.51. The van der Waals surface area contributed by atoms with Crippen molar-refractivity contribution < 1.29 is 22.7 Å². The zero-order chi connectivity index (χ0) is 21.0. The molecule has 2 unspecified atom stereocenters. The Hall–Kier alpha value is -1.32. The minimum absolute atomic E-state index is 0.00848. The van der Waals surface area contributed by atoms with Crippen LogP contribution in [0.4, 0.5) is 0 Å². The van der Waals surface area contributed by atoms with Crippen molar-refractivity contribution in [1.82, 2.24) is 10.2 Å². The van der Waals surface area contributed by atoms with E-state index in [-0.39, 0.29) is 35.9 Å². The minimum Gasteiger partial charge on any atom is -0.490 e. The number of halogens is 1. The number of hydrogen-bond donors (Lipinski definition) is 1. The van der Waals surface area contributed by atoms with Crippen LogP contribution < -0.4 is 14.8 Å². The monoisotopic (exact) mass is 488 g/mol. The first kappa shape index (κ1) is 22.4. The summed E-state index contributed by atoms with van der Waals surface area (Å²) in [4.78, 5) is 15.0. The third-order valence-corrected chi connectivity index (χ3v) is 7.80. The average molecular weight is 489 g/mol. The second-order valence-corrected chi connectivity index (χ2v) is 10.5. The van der Waals surface area contributed by atoms with Gasteiger partial charge in [-0.1, -0.05) is 15.9 Å². The van der Waals surface area contributed by atoms with Crippen LogP contribution >= 0.6 is 15.9 Å². The van der Waals surface area contributed by atoms with Crippen LogP contribution in [0.2, 0.25) is 0 Å². The average Bonchev–Trinajstić information content (AvgIpc) is 3.26. The lowest BCUT2D eigenvalue weighted by Crippen LogP contribution is -2.50. The highest BCUT2D eigenvalue weighted by molar-refractivity contribution is 9.10. The van der Waals surface area contributed by atoms with Gasteiger partial charge in [-0.05, 0) is 57.5 Å². The van der Waals surface area contributed by atoms with Crippen LogP contribution in [0.25, 0.3) is 0 Å². The van der Waals surface area contributed by atoms with Gasteiger partial charge < -0.3 is 14.8 Å². The Morgan fingerprint density at radius 3 is 2.38 bits per heavy atom. The molecule has 0 bridgehead atoms. The van der Waals surface area contributed by atoms with Crippen LogP contribution in [-0.4, -0.2) is 69.1 Å². The number of carbonyl (C=O) groups is 1. The van der Waals surface area contributed by atoms with Crippen molar-refractivity contribution in [1.29, 1.82) is 0 Å². The molecule has 2 atom stereocenters. The lowest BCUT2D eigenvalue weighted by Gasteiger charge is -2.28. The summed E-state index contributed by atoms with van der Waals surface area (Å²) in [6.07, 6.45) is 2.30. The smallest absolute Gasteiger partial charge is 0.224 e. The lowest BCUT2D eigenvalue weighted by molar-refractivity contribution is -0.121. The molecule has 162 valence electrons. The van der Waals surface area contributed by atoms with Crippen LogP contribution in [0, 0.1) is 0 Å². The molecule has 2 heterocycles. The molecule has 0 aliphatic carbocycles. The maximum absolute atomic E-state index is 12.8. The third-order valence-electron chi connectivity index (χ3n) is 5.34. The zero-order valence-electron chi connectivity index (χ0n) is 16.9. The van der Waals surface area contributed by atoms with E-state index in [1.54, 1.807) is 0 Å². The Labute approximate surface area is 181 Å². The van der Waals surface area contributed by atoms with Crippen molar-refractivity contribution in [2.24, 2.45) is 0 Å². The van der Waals surface area contributed by atoms with E-state index in [0.717, 1.165) is 36.0 Å². The predicted molar refractivity (Wildman–Crippen MR) is 115 cm³/mol. The van der Waals surface area contributed by atoms with E-state index in [4.69, 9.17) is 9.47 Å². The molecule has 1 amide bonds. The van der Waals surface area contributed by atoms with Crippen molar-refractivity contribution in [3.8, 4) is 11.5 Å². The quantitative estimate of drug-likeness (QED) is 0.603. The van der Waals surface area contributed by atoms with Gasteiger partial charge in [0, 0.05) is 10.5 Å². The largest absolute Gasteiger partial charge is 0.490 e. The number of nitrogens with zero attached hydrogens (tertiary/aromatic N) is 1. The molecule has 7 nitrogen and oxygen atoms in total. The van der Waals surface area contributed by atoms with Gasteiger partial charge in [0.15, 0.2) is 21.3 Å². The summed E-state index contributed by atoms with van der Waals surface area (Å²) in [6, 6.07) is 3.12. The Bertz CT molecular complexity index is 840. The predicted octanol–water partition coefficient (Wildman–Crippen LogP) is 2.17. The summed E-state index contributed by atoms with van der Waals surface area (Å²) < 4.78 is 36.4. The van der Waals surface area contributed by atoms with Gasteiger partial charge in [0.25, 0.3) is 0 Å². The van der Waals surface area contributed by atoms with Crippen LogP contribution in [0.1, 0.15) is 32.3 Å². The van der Waals surface area contributed by atoms with Gasteiger partial charge in [-0.2, -0.15) is 0 Å². The van der Waals surface area contributed by atoms with E-state index in [2.05, 4.69) is 26.1 Å². The first-order chi connectivity index (χ1) is 13.8. The van der Waals surface area contributed by atoms with E-state index in [1.165, 1.54) is 0 Å². The van der Waals surface area contributed by atoms with Gasteiger partial charge in [0.1, 0.15) is 0 Å². The number of benzene rings is 1. The van der Waals surface area contributed by atoms with Gasteiger partial charge >= 0.3 is 0 Å². The Kier molecular flexibility index (Phi) is 7.45. The van der Waals surface area contributed by atoms with Gasteiger partial charge in [-0.25, -0.2) is 8.42 Å². The fraction of sp³-hybridized carbons (Fsp3) is 0.650. The summed E-state index contributed by atoms with van der Waals surface area (Å²) in [5, 5.41) is 2.98. The highest BCUT2D eigenvalue weighted by Gasteiger charge is 2.42. The van der Waals surface area contributed by atoms with Gasteiger partial charge in [-0.3, -0.25) is 9.69 Å². The van der Waals surface area contributed by atoms with Crippen molar-refractivity contribution in [3.05, 3.63) is 22.2 Å². The maximum Gasteiger partial charge on any atom is 0.224 e. The number of nitrogens with one attached hydrogen (secondary N) is 1. The van der Waals surface area contributed by atoms with E-state index in [1.807, 2.05) is 26.0 Å². The highest BCUT2D eigenvalue weighted by Crippen LogP contribution is 2.34. The van der Waals surface area contributed by atoms with Crippen molar-refractivity contribution in [2.45, 2.75) is 45.2 Å². The van der Waals surface area contributed by atoms with Crippen LogP contribution in [0.3, 0.4) is 0 Å². The molecule has 2 fully saturated rings. The normalized spacial score (nSPS) is 23.8. The molecular formula is C20H29BrN2O5S. The van der Waals surface area contributed by atoms with Gasteiger partial charge in [0.05, 0.1) is 37.2 Å². The lowest BCUT2D eigenvalue weighted by atomic mass is 10.1. The fourth-order valence-corrected chi connectivity index (χ4v) is 6.49. The second-order valence-electron chi connectivity index (χ2n) is 7.49. The number of hydrogen-bond acceptors (Lipinski definition) is 6. The molecule has 1 aromatic rings. The first-order valence-corrected chi connectivity index (χ1v) is 12.8. The second kappa shape index (κ2) is 9.66. The third kappa shape index (κ3) is 5.64. The zero-order valence-corrected chi connectivity index (χ0v) is 19.4. The van der Waals surface area contributed by atoms with E-state index < -0.39 is 9.84 Å². The summed E-state index contributed by atoms with van der Waals surface area (Å²) in [5.74, 6) is 1.16. The minimum atomic E-state index is -3.14. The number of carbonyl (C=O) groups excluding carboxylic acids is 1. The van der Waals surface area contributed by atoms with E-state index >= 15 is 0 Å². The molecule has 2 aliphatic heterocycles. The van der Waals surface area contributed by atoms with Crippen molar-refractivity contribution >= 4 is 31.7 Å². The summed E-state index contributed by atoms with van der Waals surface area (Å²) in [7, 11) is -3.14. The molecule has 29 heavy (non-hydrogen) atoms. The number of ether oxygens (including phenoxy) is 2. The molecule has 0 saturated carbocycles. The molecule has 0 spiro atoms. The number of sulfone groups is 1. The van der Waals surface area contributed by atoms with Crippen molar-refractivity contribution in [3.63, 3.8) is 0 Å². The van der Waals surface area contributed by atoms with Gasteiger partial charge in [0.2, 0.25) is 5.91 Å². The maximum atomic E-state index is 12.8. The molecule has 3 rings (SSSR count). The summed E-state index contributed by atoms with van der Waals surface area (Å²) in [6.45, 7) is 6.59. The highest BCUT2D eigenvalue weighted by atomic mass is 79.9. The molecule has 0 radical (unpaired) electrons. The number of amides is 1. The number of likely N-dealkylation sites (tertiary alicyclic amines) is 1.